The van der Waals surface area contributed by atoms with E-state index >= 15 is 0 Å². The highest BCUT2D eigenvalue weighted by Gasteiger charge is 2.27. The van der Waals surface area contributed by atoms with Crippen molar-refractivity contribution in [1.82, 2.24) is 25.0 Å². The molecule has 3 heterocycles. The molecule has 1 aromatic carbocycles. The van der Waals surface area contributed by atoms with Gasteiger partial charge in [0.15, 0.2) is 0 Å². The molecular weight excluding hydrogens is 362 g/mol. The Hall–Kier alpha value is -2.99. The van der Waals surface area contributed by atoms with Gasteiger partial charge in [-0.3, -0.25) is 19.8 Å². The molecule has 1 aliphatic heterocycles. The third-order valence-corrected chi connectivity index (χ3v) is 5.57. The summed E-state index contributed by atoms with van der Waals surface area (Å²) in [5.74, 6) is 0.595. The first kappa shape index (κ1) is 19.3. The summed E-state index contributed by atoms with van der Waals surface area (Å²) in [7, 11) is 1.97. The number of aromatic amines is 1. The number of benzene rings is 1. The van der Waals surface area contributed by atoms with Crippen LogP contribution in [0.25, 0.3) is 11.1 Å². The standard InChI is InChI=1S/C23H27N5O/c1-27(16-20-9-5-6-12-24-20)17-22(29)28-13-10-19(11-14-28)23-21(15-25-26-23)18-7-3-2-4-8-18/h2-9,12,15,19H,10-11,13-14,16-17H2,1H3,(H,25,26). The number of hydrogen-bond acceptors (Lipinski definition) is 4. The summed E-state index contributed by atoms with van der Waals surface area (Å²) in [6, 6.07) is 16.2. The second-order valence-corrected chi connectivity index (χ2v) is 7.71. The van der Waals surface area contributed by atoms with Crippen molar-refractivity contribution in [3.63, 3.8) is 0 Å². The molecule has 0 aliphatic carbocycles. The predicted molar refractivity (Wildman–Crippen MR) is 113 cm³/mol. The molecule has 6 heteroatoms. The number of nitrogens with zero attached hydrogens (tertiary/aromatic N) is 4. The largest absolute Gasteiger partial charge is 0.342 e. The third kappa shape index (κ3) is 4.71. The van der Waals surface area contributed by atoms with Crippen LogP contribution >= 0.6 is 0 Å². The molecule has 1 N–H and O–H groups in total. The van der Waals surface area contributed by atoms with E-state index in [-0.39, 0.29) is 5.91 Å². The van der Waals surface area contributed by atoms with Crippen LogP contribution in [0.2, 0.25) is 0 Å². The van der Waals surface area contributed by atoms with Crippen molar-refractivity contribution in [2.24, 2.45) is 0 Å². The van der Waals surface area contributed by atoms with E-state index in [9.17, 15) is 4.79 Å². The van der Waals surface area contributed by atoms with Gasteiger partial charge in [-0.15, -0.1) is 0 Å². The highest BCUT2D eigenvalue weighted by Crippen LogP contribution is 2.33. The zero-order valence-electron chi connectivity index (χ0n) is 16.8. The number of rotatable bonds is 6. The van der Waals surface area contributed by atoms with Crippen LogP contribution in [0.1, 0.15) is 30.1 Å². The molecule has 0 atom stereocenters. The molecule has 3 aromatic rings. The molecule has 1 aliphatic rings. The fourth-order valence-corrected chi connectivity index (χ4v) is 4.03. The zero-order chi connectivity index (χ0) is 20.1. The smallest absolute Gasteiger partial charge is 0.236 e. The summed E-state index contributed by atoms with van der Waals surface area (Å²) in [5.41, 5.74) is 4.53. The number of hydrogen-bond donors (Lipinski definition) is 1. The fraction of sp³-hybridized carbons (Fsp3) is 0.348. The average molecular weight is 390 g/mol. The number of nitrogens with one attached hydrogen (secondary N) is 1. The number of piperidine rings is 1. The molecule has 0 unspecified atom stereocenters. The molecule has 1 amide bonds. The molecule has 29 heavy (non-hydrogen) atoms. The number of aromatic nitrogens is 3. The molecule has 6 nitrogen and oxygen atoms in total. The monoisotopic (exact) mass is 389 g/mol. The number of carbonyl (C=O) groups is 1. The number of amides is 1. The van der Waals surface area contributed by atoms with Gasteiger partial charge in [-0.2, -0.15) is 5.10 Å². The van der Waals surface area contributed by atoms with E-state index in [2.05, 4.69) is 39.4 Å². The Morgan fingerprint density at radius 3 is 2.62 bits per heavy atom. The summed E-state index contributed by atoms with van der Waals surface area (Å²) in [5, 5.41) is 7.50. The van der Waals surface area contributed by atoms with Crippen LogP contribution in [0.4, 0.5) is 0 Å². The number of likely N-dealkylation sites (tertiary alicyclic amines) is 1. The number of carbonyl (C=O) groups excluding carboxylic acids is 1. The maximum Gasteiger partial charge on any atom is 0.236 e. The van der Waals surface area contributed by atoms with E-state index in [0.717, 1.165) is 31.6 Å². The maximum atomic E-state index is 12.7. The topological polar surface area (TPSA) is 65.1 Å². The van der Waals surface area contributed by atoms with Crippen molar-refractivity contribution < 1.29 is 4.79 Å². The number of pyridine rings is 1. The van der Waals surface area contributed by atoms with E-state index in [1.807, 2.05) is 47.3 Å². The average Bonchev–Trinajstić information content (AvgIpc) is 3.25. The maximum absolute atomic E-state index is 12.7. The van der Waals surface area contributed by atoms with Crippen molar-refractivity contribution in [2.45, 2.75) is 25.3 Å². The van der Waals surface area contributed by atoms with E-state index in [0.29, 0.717) is 19.0 Å². The summed E-state index contributed by atoms with van der Waals surface area (Å²) in [6.45, 7) is 2.67. The molecular formula is C23H27N5O. The molecule has 2 aromatic heterocycles. The first-order chi connectivity index (χ1) is 14.2. The van der Waals surface area contributed by atoms with Crippen LogP contribution in [-0.4, -0.2) is 57.6 Å². The predicted octanol–water partition coefficient (Wildman–Crippen LogP) is 3.31. The Morgan fingerprint density at radius 2 is 1.90 bits per heavy atom. The van der Waals surface area contributed by atoms with Gasteiger partial charge in [-0.05, 0) is 37.6 Å². The third-order valence-electron chi connectivity index (χ3n) is 5.57. The zero-order valence-corrected chi connectivity index (χ0v) is 16.8. The van der Waals surface area contributed by atoms with Crippen molar-refractivity contribution in [2.75, 3.05) is 26.7 Å². The molecule has 1 saturated heterocycles. The van der Waals surface area contributed by atoms with Crippen LogP contribution in [0.15, 0.2) is 60.9 Å². The van der Waals surface area contributed by atoms with E-state index in [1.54, 1.807) is 6.20 Å². The Kier molecular flexibility index (Phi) is 6.00. The Morgan fingerprint density at radius 1 is 1.14 bits per heavy atom. The highest BCUT2D eigenvalue weighted by atomic mass is 16.2. The second kappa shape index (κ2) is 9.01. The fourth-order valence-electron chi connectivity index (χ4n) is 4.03. The molecule has 0 spiro atoms. The van der Waals surface area contributed by atoms with E-state index in [1.165, 1.54) is 16.8 Å². The van der Waals surface area contributed by atoms with E-state index in [4.69, 9.17) is 0 Å². The van der Waals surface area contributed by atoms with Crippen molar-refractivity contribution in [1.29, 1.82) is 0 Å². The Balaban J connectivity index is 1.32. The van der Waals surface area contributed by atoms with Gasteiger partial charge in [0, 0.05) is 43.0 Å². The van der Waals surface area contributed by atoms with Crippen LogP contribution in [0.3, 0.4) is 0 Å². The quantitative estimate of drug-likeness (QED) is 0.702. The first-order valence-electron chi connectivity index (χ1n) is 10.2. The highest BCUT2D eigenvalue weighted by molar-refractivity contribution is 5.78. The lowest BCUT2D eigenvalue weighted by molar-refractivity contribution is -0.133. The van der Waals surface area contributed by atoms with Gasteiger partial charge in [0.1, 0.15) is 0 Å². The number of H-pyrrole nitrogens is 1. The van der Waals surface area contributed by atoms with Crippen LogP contribution < -0.4 is 0 Å². The van der Waals surface area contributed by atoms with Gasteiger partial charge in [0.25, 0.3) is 0 Å². The summed E-state index contributed by atoms with van der Waals surface area (Å²) < 4.78 is 0. The van der Waals surface area contributed by atoms with Gasteiger partial charge >= 0.3 is 0 Å². The first-order valence-corrected chi connectivity index (χ1v) is 10.2. The number of likely N-dealkylation sites (N-methyl/N-ethyl adjacent to an activating group) is 1. The van der Waals surface area contributed by atoms with Gasteiger partial charge in [0.2, 0.25) is 5.91 Å². The summed E-state index contributed by atoms with van der Waals surface area (Å²) >= 11 is 0. The molecule has 0 bridgehead atoms. The van der Waals surface area contributed by atoms with Gasteiger partial charge in [0.05, 0.1) is 18.4 Å². The Labute approximate surface area is 171 Å². The lowest BCUT2D eigenvalue weighted by Crippen LogP contribution is -2.43. The minimum atomic E-state index is 0.190. The second-order valence-electron chi connectivity index (χ2n) is 7.71. The molecule has 0 saturated carbocycles. The van der Waals surface area contributed by atoms with Crippen molar-refractivity contribution in [3.8, 4) is 11.1 Å². The molecule has 150 valence electrons. The summed E-state index contributed by atoms with van der Waals surface area (Å²) in [6.07, 6.45) is 5.61. The van der Waals surface area contributed by atoms with Crippen LogP contribution in [0.5, 0.6) is 0 Å². The van der Waals surface area contributed by atoms with Crippen molar-refractivity contribution >= 4 is 5.91 Å². The summed E-state index contributed by atoms with van der Waals surface area (Å²) in [4.78, 5) is 21.1. The van der Waals surface area contributed by atoms with E-state index < -0.39 is 0 Å². The van der Waals surface area contributed by atoms with Crippen molar-refractivity contribution in [3.05, 3.63) is 72.3 Å². The molecule has 1 fully saturated rings. The molecule has 0 radical (unpaired) electrons. The van der Waals surface area contributed by atoms with Gasteiger partial charge < -0.3 is 4.90 Å². The lowest BCUT2D eigenvalue weighted by Gasteiger charge is -2.33. The molecule has 4 rings (SSSR count). The van der Waals surface area contributed by atoms with Crippen LogP contribution in [-0.2, 0) is 11.3 Å². The van der Waals surface area contributed by atoms with Gasteiger partial charge in [-0.25, -0.2) is 0 Å². The Bertz CT molecular complexity index is 917. The van der Waals surface area contributed by atoms with Gasteiger partial charge in [-0.1, -0.05) is 36.4 Å². The normalized spacial score (nSPS) is 15.0. The minimum Gasteiger partial charge on any atom is -0.342 e. The van der Waals surface area contributed by atoms with Crippen LogP contribution in [0, 0.1) is 0 Å². The minimum absolute atomic E-state index is 0.190. The lowest BCUT2D eigenvalue weighted by atomic mass is 9.89. The SMILES string of the molecule is CN(CC(=O)N1CCC(c2[nH]ncc2-c2ccccc2)CC1)Cc1ccccn1.